The lowest BCUT2D eigenvalue weighted by Crippen LogP contribution is -2.48. The minimum atomic E-state index is -1.75. The number of carbonyl (C=O) groups is 2. The molecule has 2 fully saturated rings. The summed E-state index contributed by atoms with van der Waals surface area (Å²) < 4.78 is 30.2. The summed E-state index contributed by atoms with van der Waals surface area (Å²) >= 11 is 0. The van der Waals surface area contributed by atoms with Crippen molar-refractivity contribution in [2.24, 2.45) is 0 Å². The predicted octanol–water partition coefficient (Wildman–Crippen LogP) is 3.26. The minimum absolute atomic E-state index is 0.0218. The summed E-state index contributed by atoms with van der Waals surface area (Å²) in [6.07, 6.45) is -0.445. The fourth-order valence-electron chi connectivity index (χ4n) is 4.81. The lowest BCUT2D eigenvalue weighted by molar-refractivity contribution is -0.157. The fourth-order valence-corrected chi connectivity index (χ4v) is 6.60. The predicted molar refractivity (Wildman–Crippen MR) is 149 cm³/mol. The summed E-state index contributed by atoms with van der Waals surface area (Å²) in [6, 6.07) is 7.79. The molecule has 2 saturated heterocycles. The number of rotatable bonds is 11. The van der Waals surface area contributed by atoms with Gasteiger partial charge < -0.3 is 29.3 Å². The van der Waals surface area contributed by atoms with Gasteiger partial charge in [-0.05, 0) is 53.7 Å². The third-order valence-electron chi connectivity index (χ3n) is 6.64. The molecular weight excluding hydrogens is 535 g/mol. The van der Waals surface area contributed by atoms with Gasteiger partial charge in [-0.25, -0.2) is 16.0 Å². The Balaban J connectivity index is 1.63. The fraction of sp³-hybridized carbons (Fsp3) is 0.519. The van der Waals surface area contributed by atoms with Crippen LogP contribution in [0.15, 0.2) is 41.3 Å². The molecule has 0 aliphatic carbocycles. The van der Waals surface area contributed by atoms with Crippen LogP contribution in [-0.2, 0) is 18.6 Å². The molecule has 2 amide bonds. The molecule has 0 spiro atoms. The number of aryl methyl sites for hydroxylation is 1. The first-order valence-electron chi connectivity index (χ1n) is 13.7. The van der Waals surface area contributed by atoms with E-state index in [0.717, 1.165) is 0 Å². The molecule has 1 unspecified atom stereocenters. The molecule has 5 atom stereocenters. The van der Waals surface area contributed by atoms with Crippen LogP contribution in [-0.4, -0.2) is 69.0 Å². The Morgan fingerprint density at radius 3 is 2.65 bits per heavy atom. The lowest BCUT2D eigenvalue weighted by Gasteiger charge is -2.37. The third-order valence-corrected chi connectivity index (χ3v) is 8.75. The van der Waals surface area contributed by atoms with E-state index in [9.17, 15) is 14.4 Å². The molecule has 4 rings (SSSR count). The standard InChI is InChI=1S/C27H35N6O6P/c1-16(2)33(17(3)4)40(37-14-13-28-7)39-21-20-24(38-27(21,6)25(35)29-20)32-15-18(5)22(31-26(32)36)30-23(34)19-11-9-8-10-12-19/h8-12,15-17,20-21,24H,13-14H2,1-6H3,(H,29,35)(H,30,31,34,36)/t20-,21+,24-,27-,40?/m1/s1/i6D. The number of ether oxygens (including phenoxy) is 1. The molecule has 12 nitrogen and oxygen atoms in total. The van der Waals surface area contributed by atoms with Crippen molar-refractivity contribution in [1.82, 2.24) is 19.5 Å². The first-order chi connectivity index (χ1) is 19.5. The maximum absolute atomic E-state index is 13.2. The molecule has 2 aromatic rings. The van der Waals surface area contributed by atoms with Gasteiger partial charge in [-0.3, -0.25) is 14.2 Å². The summed E-state index contributed by atoms with van der Waals surface area (Å²) in [6.45, 7) is 16.6. The SMILES string of the molecule is [2H]C[C@]12O[C@@H](n3cc(C)c(NC(=O)c4ccccc4)nc3=O)[C@H](NC1=O)[C@@H]2OP(OCC[N+]#[C-])N(C(C)C)C(C)C. The van der Waals surface area contributed by atoms with E-state index in [1.807, 2.05) is 32.4 Å². The Hall–Kier alpha value is -3.20. The van der Waals surface area contributed by atoms with Crippen LogP contribution in [0.5, 0.6) is 0 Å². The van der Waals surface area contributed by atoms with Crippen molar-refractivity contribution in [3.63, 3.8) is 0 Å². The lowest BCUT2D eigenvalue weighted by atomic mass is 10.0. The van der Waals surface area contributed by atoms with Crippen molar-refractivity contribution >= 4 is 26.2 Å². The quantitative estimate of drug-likeness (QED) is 0.239. The van der Waals surface area contributed by atoms with Gasteiger partial charge in [0.2, 0.25) is 6.54 Å². The molecule has 0 radical (unpaired) electrons. The highest BCUT2D eigenvalue weighted by atomic mass is 31.2. The van der Waals surface area contributed by atoms with Gasteiger partial charge in [-0.1, -0.05) is 18.2 Å². The Bertz CT molecular complexity index is 1360. The highest BCUT2D eigenvalue weighted by Crippen LogP contribution is 2.53. The number of fused-ring (bicyclic) bond motifs is 2. The van der Waals surface area contributed by atoms with Crippen molar-refractivity contribution in [1.29, 1.82) is 0 Å². The number of carbonyl (C=O) groups excluding carboxylic acids is 2. The van der Waals surface area contributed by atoms with Gasteiger partial charge in [0.1, 0.15) is 24.6 Å². The van der Waals surface area contributed by atoms with Crippen LogP contribution in [0.4, 0.5) is 5.82 Å². The first-order valence-corrected chi connectivity index (χ1v) is 14.1. The van der Waals surface area contributed by atoms with Gasteiger partial charge in [0, 0.05) is 30.8 Å². The Labute approximate surface area is 236 Å². The molecule has 0 saturated carbocycles. The van der Waals surface area contributed by atoms with Crippen LogP contribution in [0.1, 0.15) is 58.1 Å². The second kappa shape index (κ2) is 12.1. The second-order valence-electron chi connectivity index (χ2n) is 10.2. The zero-order valence-electron chi connectivity index (χ0n) is 24.2. The number of amides is 2. The molecule has 2 N–H and O–H groups in total. The molecule has 1 aromatic carbocycles. The number of aromatic nitrogens is 2. The average Bonchev–Trinajstić information content (AvgIpc) is 3.38. The van der Waals surface area contributed by atoms with E-state index >= 15 is 0 Å². The summed E-state index contributed by atoms with van der Waals surface area (Å²) in [5.74, 6) is -0.800. The van der Waals surface area contributed by atoms with Crippen LogP contribution in [0, 0.1) is 13.5 Å². The zero-order chi connectivity index (χ0) is 29.9. The number of anilines is 1. The van der Waals surface area contributed by atoms with E-state index < -0.39 is 56.9 Å². The molecule has 214 valence electrons. The van der Waals surface area contributed by atoms with E-state index in [-0.39, 0.29) is 31.1 Å². The van der Waals surface area contributed by atoms with Crippen LogP contribution in [0.3, 0.4) is 0 Å². The van der Waals surface area contributed by atoms with E-state index in [0.29, 0.717) is 11.1 Å². The van der Waals surface area contributed by atoms with Crippen molar-refractivity contribution in [2.75, 3.05) is 18.5 Å². The summed E-state index contributed by atoms with van der Waals surface area (Å²) in [5.41, 5.74) is -1.46. The summed E-state index contributed by atoms with van der Waals surface area (Å²) in [4.78, 5) is 46.3. The van der Waals surface area contributed by atoms with Crippen molar-refractivity contribution in [3.05, 3.63) is 69.6 Å². The smallest absolute Gasteiger partial charge is 0.343 e. The van der Waals surface area contributed by atoms with Crippen LogP contribution in [0.2, 0.25) is 0 Å². The highest BCUT2D eigenvalue weighted by molar-refractivity contribution is 7.44. The Morgan fingerprint density at radius 1 is 1.32 bits per heavy atom. The third kappa shape index (κ3) is 5.80. The van der Waals surface area contributed by atoms with E-state index in [2.05, 4.69) is 20.5 Å². The van der Waals surface area contributed by atoms with Gasteiger partial charge in [0.05, 0.1) is 0 Å². The van der Waals surface area contributed by atoms with Crippen molar-refractivity contribution in [3.8, 4) is 0 Å². The van der Waals surface area contributed by atoms with E-state index in [4.69, 9.17) is 21.7 Å². The summed E-state index contributed by atoms with van der Waals surface area (Å²) in [7, 11) is -1.75. The molecule has 2 bridgehead atoms. The Morgan fingerprint density at radius 2 is 2.02 bits per heavy atom. The highest BCUT2D eigenvalue weighted by Gasteiger charge is 2.66. The molecule has 2 aliphatic rings. The minimum Gasteiger partial charge on any atom is -0.343 e. The van der Waals surface area contributed by atoms with Crippen LogP contribution >= 0.6 is 8.53 Å². The number of morpholine rings is 1. The number of nitrogens with one attached hydrogen (secondary N) is 2. The van der Waals surface area contributed by atoms with Crippen LogP contribution < -0.4 is 16.3 Å². The summed E-state index contributed by atoms with van der Waals surface area (Å²) in [5, 5.41) is 5.52. The number of hydrogen-bond donors (Lipinski definition) is 2. The molecule has 2 aliphatic heterocycles. The largest absolute Gasteiger partial charge is 0.351 e. The normalized spacial score (nSPS) is 24.7. The molecule has 13 heteroatoms. The first kappa shape index (κ1) is 28.3. The average molecular weight is 572 g/mol. The monoisotopic (exact) mass is 571 g/mol. The van der Waals surface area contributed by atoms with Gasteiger partial charge in [0.25, 0.3) is 20.3 Å². The van der Waals surface area contributed by atoms with Gasteiger partial charge >= 0.3 is 5.69 Å². The zero-order valence-corrected chi connectivity index (χ0v) is 24.1. The molecule has 40 heavy (non-hydrogen) atoms. The molecule has 3 heterocycles. The van der Waals surface area contributed by atoms with E-state index in [1.54, 1.807) is 37.3 Å². The maximum Gasteiger partial charge on any atom is 0.351 e. The number of hydrogen-bond acceptors (Lipinski definition) is 8. The van der Waals surface area contributed by atoms with Gasteiger partial charge in [-0.15, -0.1) is 0 Å². The van der Waals surface area contributed by atoms with Gasteiger partial charge in [-0.2, -0.15) is 4.98 Å². The topological polar surface area (TPSA) is 128 Å². The molecular formula is C27H35N6O6P. The second-order valence-corrected chi connectivity index (χ2v) is 11.6. The number of benzene rings is 1. The van der Waals surface area contributed by atoms with Crippen LogP contribution in [0.25, 0.3) is 4.85 Å². The Kier molecular flexibility index (Phi) is 8.59. The van der Waals surface area contributed by atoms with E-state index in [1.165, 1.54) is 10.8 Å². The molecule has 1 aromatic heterocycles. The van der Waals surface area contributed by atoms with Gasteiger partial charge in [0.15, 0.2) is 11.8 Å². The maximum atomic E-state index is 13.2. The number of nitrogens with zero attached hydrogens (tertiary/aromatic N) is 4. The van der Waals surface area contributed by atoms with Crippen molar-refractivity contribution < 1.29 is 24.7 Å². The van der Waals surface area contributed by atoms with Crippen molar-refractivity contribution in [2.45, 2.75) is 77.6 Å².